The Balaban J connectivity index is 3.02. The SMILES string of the molecule is COC(=O)Cc1cc(C(C)C)ccc1OC. The second-order valence-corrected chi connectivity index (χ2v) is 3.98. The van der Waals surface area contributed by atoms with Crippen molar-refractivity contribution in [2.24, 2.45) is 0 Å². The summed E-state index contributed by atoms with van der Waals surface area (Å²) in [5, 5.41) is 0. The molecule has 0 spiro atoms. The summed E-state index contributed by atoms with van der Waals surface area (Å²) in [5.74, 6) is 0.913. The van der Waals surface area contributed by atoms with Crippen molar-refractivity contribution in [3.8, 4) is 5.75 Å². The van der Waals surface area contributed by atoms with Crippen LogP contribution in [-0.2, 0) is 16.0 Å². The van der Waals surface area contributed by atoms with Gasteiger partial charge < -0.3 is 9.47 Å². The fourth-order valence-corrected chi connectivity index (χ4v) is 1.52. The lowest BCUT2D eigenvalue weighted by Crippen LogP contribution is -2.06. The van der Waals surface area contributed by atoms with Crippen LogP contribution in [0.3, 0.4) is 0 Å². The maximum atomic E-state index is 11.3. The molecule has 0 aliphatic carbocycles. The Bertz CT molecular complexity index is 369. The maximum Gasteiger partial charge on any atom is 0.310 e. The van der Waals surface area contributed by atoms with Crippen LogP contribution in [0.5, 0.6) is 5.75 Å². The van der Waals surface area contributed by atoms with E-state index in [-0.39, 0.29) is 12.4 Å². The predicted molar refractivity (Wildman–Crippen MR) is 62.8 cm³/mol. The van der Waals surface area contributed by atoms with E-state index in [4.69, 9.17) is 4.74 Å². The maximum absolute atomic E-state index is 11.3. The molecule has 0 saturated carbocycles. The average Bonchev–Trinajstić information content (AvgIpc) is 2.28. The Morgan fingerprint density at radius 3 is 2.50 bits per heavy atom. The highest BCUT2D eigenvalue weighted by molar-refractivity contribution is 5.73. The van der Waals surface area contributed by atoms with Crippen LogP contribution >= 0.6 is 0 Å². The number of esters is 1. The van der Waals surface area contributed by atoms with Gasteiger partial charge >= 0.3 is 5.97 Å². The first-order chi connectivity index (χ1) is 7.58. The molecule has 88 valence electrons. The van der Waals surface area contributed by atoms with Crippen molar-refractivity contribution in [1.82, 2.24) is 0 Å². The molecule has 1 rings (SSSR count). The smallest absolute Gasteiger partial charge is 0.310 e. The van der Waals surface area contributed by atoms with Crippen molar-refractivity contribution in [2.75, 3.05) is 14.2 Å². The van der Waals surface area contributed by atoms with Gasteiger partial charge in [-0.1, -0.05) is 26.0 Å². The number of hydrogen-bond donors (Lipinski definition) is 0. The van der Waals surface area contributed by atoms with Gasteiger partial charge in [-0.2, -0.15) is 0 Å². The Labute approximate surface area is 96.4 Å². The molecule has 0 aliphatic rings. The van der Waals surface area contributed by atoms with Crippen molar-refractivity contribution in [3.05, 3.63) is 29.3 Å². The van der Waals surface area contributed by atoms with E-state index in [9.17, 15) is 4.79 Å². The lowest BCUT2D eigenvalue weighted by atomic mass is 9.99. The zero-order chi connectivity index (χ0) is 12.1. The molecule has 0 saturated heterocycles. The number of ether oxygens (including phenoxy) is 2. The van der Waals surface area contributed by atoms with Gasteiger partial charge in [0.05, 0.1) is 20.6 Å². The van der Waals surface area contributed by atoms with E-state index >= 15 is 0 Å². The van der Waals surface area contributed by atoms with Crippen LogP contribution < -0.4 is 4.74 Å². The van der Waals surface area contributed by atoms with Crippen molar-refractivity contribution in [3.63, 3.8) is 0 Å². The quantitative estimate of drug-likeness (QED) is 0.734. The first-order valence-corrected chi connectivity index (χ1v) is 5.32. The predicted octanol–water partition coefficient (Wildman–Crippen LogP) is 2.53. The van der Waals surface area contributed by atoms with Crippen molar-refractivity contribution in [1.29, 1.82) is 0 Å². The normalized spacial score (nSPS) is 10.3. The fourth-order valence-electron chi connectivity index (χ4n) is 1.52. The van der Waals surface area contributed by atoms with E-state index < -0.39 is 0 Å². The molecule has 0 amide bonds. The first kappa shape index (κ1) is 12.6. The van der Waals surface area contributed by atoms with E-state index in [2.05, 4.69) is 18.6 Å². The number of hydrogen-bond acceptors (Lipinski definition) is 3. The molecule has 0 atom stereocenters. The van der Waals surface area contributed by atoms with Gasteiger partial charge in [-0.3, -0.25) is 4.79 Å². The molecular weight excluding hydrogens is 204 g/mol. The average molecular weight is 222 g/mol. The van der Waals surface area contributed by atoms with Crippen LogP contribution in [0.25, 0.3) is 0 Å². The van der Waals surface area contributed by atoms with Crippen LogP contribution in [0.4, 0.5) is 0 Å². The highest BCUT2D eigenvalue weighted by atomic mass is 16.5. The zero-order valence-corrected chi connectivity index (χ0v) is 10.2. The third-order valence-electron chi connectivity index (χ3n) is 2.53. The highest BCUT2D eigenvalue weighted by Gasteiger charge is 2.10. The highest BCUT2D eigenvalue weighted by Crippen LogP contribution is 2.24. The molecular formula is C13H18O3. The van der Waals surface area contributed by atoms with Crippen molar-refractivity contribution in [2.45, 2.75) is 26.2 Å². The summed E-state index contributed by atoms with van der Waals surface area (Å²) < 4.78 is 9.88. The Kier molecular flexibility index (Phi) is 4.35. The van der Waals surface area contributed by atoms with Gasteiger partial charge in [-0.05, 0) is 17.5 Å². The van der Waals surface area contributed by atoms with Crippen LogP contribution in [0.15, 0.2) is 18.2 Å². The van der Waals surface area contributed by atoms with Gasteiger partial charge in [0.1, 0.15) is 5.75 Å². The van der Waals surface area contributed by atoms with Gasteiger partial charge in [0.2, 0.25) is 0 Å². The molecule has 0 aliphatic heterocycles. The van der Waals surface area contributed by atoms with Gasteiger partial charge in [0, 0.05) is 5.56 Å². The third kappa shape index (κ3) is 2.99. The summed E-state index contributed by atoms with van der Waals surface area (Å²) in [4.78, 5) is 11.3. The van der Waals surface area contributed by atoms with E-state index in [0.717, 1.165) is 11.3 Å². The number of benzene rings is 1. The summed E-state index contributed by atoms with van der Waals surface area (Å²) in [6.07, 6.45) is 0.250. The Morgan fingerprint density at radius 2 is 2.00 bits per heavy atom. The monoisotopic (exact) mass is 222 g/mol. The fraction of sp³-hybridized carbons (Fsp3) is 0.462. The number of carbonyl (C=O) groups excluding carboxylic acids is 1. The van der Waals surface area contributed by atoms with Crippen molar-refractivity contribution < 1.29 is 14.3 Å². The largest absolute Gasteiger partial charge is 0.496 e. The summed E-state index contributed by atoms with van der Waals surface area (Å²) >= 11 is 0. The molecule has 3 heteroatoms. The molecule has 0 radical (unpaired) electrons. The minimum absolute atomic E-state index is 0.250. The van der Waals surface area contributed by atoms with Gasteiger partial charge in [-0.25, -0.2) is 0 Å². The molecule has 0 N–H and O–H groups in total. The number of rotatable bonds is 4. The molecule has 0 aromatic heterocycles. The molecule has 1 aromatic carbocycles. The minimum atomic E-state index is -0.251. The van der Waals surface area contributed by atoms with Crippen LogP contribution in [0.2, 0.25) is 0 Å². The molecule has 0 bridgehead atoms. The molecule has 0 heterocycles. The summed E-state index contributed by atoms with van der Waals surface area (Å²) in [6, 6.07) is 5.91. The van der Waals surface area contributed by atoms with E-state index in [1.165, 1.54) is 12.7 Å². The van der Waals surface area contributed by atoms with Crippen LogP contribution in [0.1, 0.15) is 30.9 Å². The minimum Gasteiger partial charge on any atom is -0.496 e. The molecule has 0 fully saturated rings. The van der Waals surface area contributed by atoms with E-state index in [1.807, 2.05) is 18.2 Å². The number of carbonyl (C=O) groups is 1. The van der Waals surface area contributed by atoms with Crippen molar-refractivity contribution >= 4 is 5.97 Å². The van der Waals surface area contributed by atoms with Crippen LogP contribution in [-0.4, -0.2) is 20.2 Å². The summed E-state index contributed by atoms with van der Waals surface area (Å²) in [6.45, 7) is 4.23. The first-order valence-electron chi connectivity index (χ1n) is 5.32. The van der Waals surface area contributed by atoms with Gasteiger partial charge in [0.25, 0.3) is 0 Å². The molecule has 1 aromatic rings. The summed E-state index contributed by atoms with van der Waals surface area (Å²) in [7, 11) is 2.99. The Morgan fingerprint density at radius 1 is 1.31 bits per heavy atom. The lowest BCUT2D eigenvalue weighted by Gasteiger charge is -2.11. The second-order valence-electron chi connectivity index (χ2n) is 3.98. The molecule has 0 unspecified atom stereocenters. The second kappa shape index (κ2) is 5.54. The van der Waals surface area contributed by atoms with Gasteiger partial charge in [0.15, 0.2) is 0 Å². The van der Waals surface area contributed by atoms with Gasteiger partial charge in [-0.15, -0.1) is 0 Å². The molecule has 3 nitrogen and oxygen atoms in total. The van der Waals surface area contributed by atoms with E-state index in [0.29, 0.717) is 5.92 Å². The standard InChI is InChI=1S/C13H18O3/c1-9(2)10-5-6-12(15-3)11(7-10)8-13(14)16-4/h5-7,9H,8H2,1-4H3. The number of methoxy groups -OCH3 is 2. The third-order valence-corrected chi connectivity index (χ3v) is 2.53. The lowest BCUT2D eigenvalue weighted by molar-refractivity contribution is -0.139. The summed E-state index contributed by atoms with van der Waals surface area (Å²) in [5.41, 5.74) is 2.07. The molecule has 16 heavy (non-hydrogen) atoms. The topological polar surface area (TPSA) is 35.5 Å². The zero-order valence-electron chi connectivity index (χ0n) is 10.2. The Hall–Kier alpha value is -1.51. The van der Waals surface area contributed by atoms with E-state index in [1.54, 1.807) is 7.11 Å². The van der Waals surface area contributed by atoms with Crippen LogP contribution in [0, 0.1) is 0 Å².